The first-order chi connectivity index (χ1) is 17.7. The van der Waals surface area contributed by atoms with Crippen LogP contribution in [0.4, 0.5) is 20.3 Å². The number of halogens is 2. The maximum Gasteiger partial charge on any atom is 0.316 e. The summed E-state index contributed by atoms with van der Waals surface area (Å²) in [6, 6.07) is 5.98. The maximum absolute atomic E-state index is 13.8. The number of ether oxygens (including phenoxy) is 1. The Balaban J connectivity index is 1.46. The first kappa shape index (κ1) is 25.1. The van der Waals surface area contributed by atoms with Crippen molar-refractivity contribution in [3.8, 4) is 11.4 Å². The third-order valence-corrected chi connectivity index (χ3v) is 8.58. The fourth-order valence-corrected chi connectivity index (χ4v) is 6.37. The number of nitrogens with zero attached hydrogens (tertiary/aromatic N) is 4. The highest BCUT2D eigenvalue weighted by atomic mass is 32.2. The van der Waals surface area contributed by atoms with Gasteiger partial charge in [0.05, 0.1) is 24.5 Å². The van der Waals surface area contributed by atoms with Gasteiger partial charge in [-0.25, -0.2) is 18.1 Å². The fraction of sp³-hybridized carbons (Fsp3) is 0.375. The molecule has 1 atom stereocenters. The first-order valence-electron chi connectivity index (χ1n) is 12.0. The number of anilines is 2. The van der Waals surface area contributed by atoms with Gasteiger partial charge in [-0.3, -0.25) is 4.79 Å². The van der Waals surface area contributed by atoms with Crippen LogP contribution in [-0.2, 0) is 15.8 Å². The topological polar surface area (TPSA) is 125 Å². The predicted octanol–water partition coefficient (Wildman–Crippen LogP) is 1.00. The summed E-state index contributed by atoms with van der Waals surface area (Å²) < 4.78 is 61.3. The Labute approximate surface area is 212 Å². The third kappa shape index (κ3) is 5.27. The normalized spacial score (nSPS) is 18.4. The van der Waals surface area contributed by atoms with Gasteiger partial charge in [-0.2, -0.15) is 18.2 Å². The number of benzene rings is 1. The van der Waals surface area contributed by atoms with E-state index in [9.17, 15) is 22.0 Å². The number of hydrogen-bond acceptors (Lipinski definition) is 8. The van der Waals surface area contributed by atoms with Gasteiger partial charge in [0.15, 0.2) is 6.67 Å². The molecular formula is C24H27F2N6O4S+. The molecule has 1 aromatic carbocycles. The first-order valence-corrected chi connectivity index (χ1v) is 13.6. The van der Waals surface area contributed by atoms with Gasteiger partial charge in [0.1, 0.15) is 35.4 Å². The molecule has 2 aliphatic rings. The number of hydrogen-bond donors (Lipinski definition) is 2. The van der Waals surface area contributed by atoms with Crippen LogP contribution >= 0.6 is 0 Å². The summed E-state index contributed by atoms with van der Waals surface area (Å²) in [7, 11) is -3.66. The SMILES string of the molecule is Nc1ncccc1CS(=O)(=O)[NH+]1CCN(c2cnn(-c3cc(F)cc(F)c3)c(=O)c2OC2CCCC2)C1. The van der Waals surface area contributed by atoms with Gasteiger partial charge in [-0.1, -0.05) is 6.07 Å². The maximum atomic E-state index is 13.8. The Morgan fingerprint density at radius 1 is 1.16 bits per heavy atom. The van der Waals surface area contributed by atoms with Crippen molar-refractivity contribution in [2.75, 3.05) is 30.4 Å². The molecule has 3 aromatic rings. The second-order valence-corrected chi connectivity index (χ2v) is 11.3. The zero-order chi connectivity index (χ0) is 26.2. The van der Waals surface area contributed by atoms with Gasteiger partial charge in [0.2, 0.25) is 5.75 Å². The minimum Gasteiger partial charge on any atom is -0.483 e. The van der Waals surface area contributed by atoms with E-state index in [0.717, 1.165) is 42.5 Å². The predicted molar refractivity (Wildman–Crippen MR) is 132 cm³/mol. The number of nitrogens with two attached hydrogens (primary N) is 1. The van der Waals surface area contributed by atoms with Crippen molar-refractivity contribution in [2.45, 2.75) is 37.5 Å². The molecule has 3 heterocycles. The minimum absolute atomic E-state index is 0.0123. The molecule has 0 spiro atoms. The van der Waals surface area contributed by atoms with Crippen molar-refractivity contribution >= 4 is 21.5 Å². The molecule has 1 aliphatic heterocycles. The number of sulfonamides is 1. The standard InChI is InChI=1S/C24H26F2N6O4S/c25-17-10-18(26)12-19(11-17)32-24(33)22(36-20-5-1-2-6-20)21(13-29-32)30-8-9-31(15-30)37(34,35)14-16-4-3-7-28-23(16)27/h3-4,7,10-13,20H,1-2,5-6,8-9,14-15H2,(H2,27,28)/p+1. The van der Waals surface area contributed by atoms with Crippen molar-refractivity contribution in [3.05, 3.63) is 70.3 Å². The van der Waals surface area contributed by atoms with E-state index in [2.05, 4.69) is 10.1 Å². The van der Waals surface area contributed by atoms with Gasteiger partial charge in [0.25, 0.3) is 0 Å². The molecule has 37 heavy (non-hydrogen) atoms. The van der Waals surface area contributed by atoms with E-state index in [4.69, 9.17) is 10.5 Å². The van der Waals surface area contributed by atoms with E-state index in [1.807, 2.05) is 0 Å². The Morgan fingerprint density at radius 2 is 1.89 bits per heavy atom. The third-order valence-electron chi connectivity index (χ3n) is 6.67. The van der Waals surface area contributed by atoms with Crippen molar-refractivity contribution in [3.63, 3.8) is 0 Å². The summed E-state index contributed by atoms with van der Waals surface area (Å²) in [5.41, 5.74) is 5.86. The molecule has 1 unspecified atom stereocenters. The molecule has 13 heteroatoms. The van der Waals surface area contributed by atoms with E-state index in [1.165, 1.54) is 12.4 Å². The lowest BCUT2D eigenvalue weighted by molar-refractivity contribution is -0.750. The number of quaternary nitrogens is 1. The van der Waals surface area contributed by atoms with Gasteiger partial charge in [-0.15, -0.1) is 0 Å². The minimum atomic E-state index is -3.66. The number of pyridine rings is 1. The zero-order valence-corrected chi connectivity index (χ0v) is 20.8. The van der Waals surface area contributed by atoms with Crippen LogP contribution in [0, 0.1) is 11.6 Å². The van der Waals surface area contributed by atoms with Crippen molar-refractivity contribution in [1.29, 1.82) is 0 Å². The second kappa shape index (κ2) is 10.1. The molecule has 10 nitrogen and oxygen atoms in total. The molecule has 5 rings (SSSR count). The average molecular weight is 534 g/mol. The highest BCUT2D eigenvalue weighted by Crippen LogP contribution is 2.29. The van der Waals surface area contributed by atoms with Crippen LogP contribution in [0.25, 0.3) is 5.69 Å². The Bertz CT molecular complexity index is 1460. The van der Waals surface area contributed by atoms with Crippen LogP contribution in [0.3, 0.4) is 0 Å². The Kier molecular flexibility index (Phi) is 6.82. The van der Waals surface area contributed by atoms with E-state index in [-0.39, 0.29) is 42.3 Å². The summed E-state index contributed by atoms with van der Waals surface area (Å²) >= 11 is 0. The zero-order valence-electron chi connectivity index (χ0n) is 19.9. The molecule has 2 fully saturated rings. The Hall–Kier alpha value is -3.58. The fourth-order valence-electron chi connectivity index (χ4n) is 4.75. The van der Waals surface area contributed by atoms with Crippen molar-refractivity contribution < 1.29 is 26.2 Å². The molecule has 3 N–H and O–H groups in total. The van der Waals surface area contributed by atoms with Crippen LogP contribution < -0.4 is 25.2 Å². The molecule has 1 saturated heterocycles. The van der Waals surface area contributed by atoms with Gasteiger partial charge >= 0.3 is 15.6 Å². The lowest BCUT2D eigenvalue weighted by atomic mass is 10.3. The van der Waals surface area contributed by atoms with E-state index in [0.29, 0.717) is 28.2 Å². The Morgan fingerprint density at radius 3 is 2.59 bits per heavy atom. The molecule has 0 amide bonds. The average Bonchev–Trinajstić information content (AvgIpc) is 3.54. The van der Waals surface area contributed by atoms with Crippen LogP contribution in [0.1, 0.15) is 31.2 Å². The molecule has 0 radical (unpaired) electrons. The van der Waals surface area contributed by atoms with Crippen LogP contribution in [-0.4, -0.2) is 49.0 Å². The number of nitrogens with one attached hydrogen (secondary N) is 1. The van der Waals surface area contributed by atoms with Gasteiger partial charge < -0.3 is 15.4 Å². The summed E-state index contributed by atoms with van der Waals surface area (Å²) in [5.74, 6) is -1.81. The highest BCUT2D eigenvalue weighted by Gasteiger charge is 2.37. The number of aromatic nitrogens is 3. The molecule has 1 aliphatic carbocycles. The van der Waals surface area contributed by atoms with Crippen molar-refractivity contribution in [2.24, 2.45) is 0 Å². The largest absolute Gasteiger partial charge is 0.483 e. The van der Waals surface area contributed by atoms with Gasteiger partial charge in [0, 0.05) is 17.8 Å². The lowest BCUT2D eigenvalue weighted by Gasteiger charge is -2.22. The highest BCUT2D eigenvalue weighted by molar-refractivity contribution is 7.84. The summed E-state index contributed by atoms with van der Waals surface area (Å²) in [5, 5.41) is 4.14. The van der Waals surface area contributed by atoms with Crippen LogP contribution in [0.2, 0.25) is 0 Å². The lowest BCUT2D eigenvalue weighted by Crippen LogP contribution is -3.12. The van der Waals surface area contributed by atoms with E-state index >= 15 is 0 Å². The smallest absolute Gasteiger partial charge is 0.316 e. The number of rotatable bonds is 7. The molecular weight excluding hydrogens is 506 g/mol. The van der Waals surface area contributed by atoms with Gasteiger partial charge in [-0.05, 0) is 43.9 Å². The quantitative estimate of drug-likeness (QED) is 0.461. The van der Waals surface area contributed by atoms with Crippen LogP contribution in [0.5, 0.6) is 5.75 Å². The summed E-state index contributed by atoms with van der Waals surface area (Å²) in [6.45, 7) is 0.657. The van der Waals surface area contributed by atoms with Crippen LogP contribution in [0.15, 0.2) is 47.5 Å². The number of nitrogen functional groups attached to an aromatic ring is 1. The molecule has 2 aromatic heterocycles. The van der Waals surface area contributed by atoms with E-state index in [1.54, 1.807) is 17.0 Å². The van der Waals surface area contributed by atoms with Crippen molar-refractivity contribution in [1.82, 2.24) is 14.8 Å². The molecule has 0 bridgehead atoms. The monoisotopic (exact) mass is 533 g/mol. The summed E-state index contributed by atoms with van der Waals surface area (Å²) in [6.07, 6.45) is 6.16. The molecule has 196 valence electrons. The van der Waals surface area contributed by atoms with E-state index < -0.39 is 27.2 Å². The summed E-state index contributed by atoms with van der Waals surface area (Å²) in [4.78, 5) is 19.2. The molecule has 1 saturated carbocycles. The second-order valence-electron chi connectivity index (χ2n) is 9.24.